The van der Waals surface area contributed by atoms with E-state index in [1.807, 2.05) is 29.4 Å². The SMILES string of the molecule is O=C(NCCC1CC1)N1CCc2c(ncn2-c2ccccc2)C1. The normalized spacial score (nSPS) is 17.0. The van der Waals surface area contributed by atoms with Crippen LogP contribution in [-0.2, 0) is 13.0 Å². The van der Waals surface area contributed by atoms with Gasteiger partial charge in [0, 0.05) is 30.9 Å². The van der Waals surface area contributed by atoms with Crippen molar-refractivity contribution in [3.63, 3.8) is 0 Å². The van der Waals surface area contributed by atoms with Gasteiger partial charge in [-0.1, -0.05) is 31.0 Å². The highest BCUT2D eigenvalue weighted by Crippen LogP contribution is 2.31. The van der Waals surface area contributed by atoms with Crippen molar-refractivity contribution in [2.45, 2.75) is 32.2 Å². The standard InChI is InChI=1S/C18H22N4O/c23-18(19-10-8-14-6-7-14)21-11-9-17-16(12-21)20-13-22(17)15-4-2-1-3-5-15/h1-5,13-14H,6-12H2,(H,19,23). The lowest BCUT2D eigenvalue weighted by molar-refractivity contribution is 0.191. The highest BCUT2D eigenvalue weighted by molar-refractivity contribution is 5.74. The Bertz CT molecular complexity index is 690. The minimum atomic E-state index is 0.0468. The van der Waals surface area contributed by atoms with Crippen molar-refractivity contribution in [2.75, 3.05) is 13.1 Å². The second-order valence-electron chi connectivity index (χ2n) is 6.48. The van der Waals surface area contributed by atoms with Crippen molar-refractivity contribution < 1.29 is 4.79 Å². The molecule has 1 aromatic heterocycles. The fourth-order valence-electron chi connectivity index (χ4n) is 3.19. The number of urea groups is 1. The molecule has 1 saturated carbocycles. The van der Waals surface area contributed by atoms with Gasteiger partial charge in [0.1, 0.15) is 0 Å². The molecule has 2 heterocycles. The zero-order chi connectivity index (χ0) is 15.6. The number of para-hydroxylation sites is 1. The molecule has 1 aliphatic heterocycles. The molecule has 1 N–H and O–H groups in total. The van der Waals surface area contributed by atoms with Gasteiger partial charge < -0.3 is 14.8 Å². The summed E-state index contributed by atoms with van der Waals surface area (Å²) in [5.41, 5.74) is 3.36. The van der Waals surface area contributed by atoms with Gasteiger partial charge in [0.05, 0.1) is 18.6 Å². The number of aromatic nitrogens is 2. The number of rotatable bonds is 4. The summed E-state index contributed by atoms with van der Waals surface area (Å²) in [7, 11) is 0. The van der Waals surface area contributed by atoms with Gasteiger partial charge in [-0.2, -0.15) is 0 Å². The Balaban J connectivity index is 1.41. The van der Waals surface area contributed by atoms with Crippen molar-refractivity contribution in [1.82, 2.24) is 19.8 Å². The van der Waals surface area contributed by atoms with E-state index in [0.29, 0.717) is 6.54 Å². The smallest absolute Gasteiger partial charge is 0.317 e. The molecule has 1 aliphatic carbocycles. The Morgan fingerprint density at radius 2 is 2.09 bits per heavy atom. The van der Waals surface area contributed by atoms with Gasteiger partial charge >= 0.3 is 6.03 Å². The van der Waals surface area contributed by atoms with Crippen LogP contribution in [0.2, 0.25) is 0 Å². The van der Waals surface area contributed by atoms with Crippen molar-refractivity contribution in [2.24, 2.45) is 5.92 Å². The average molecular weight is 310 g/mol. The largest absolute Gasteiger partial charge is 0.338 e. The lowest BCUT2D eigenvalue weighted by Crippen LogP contribution is -2.43. The molecule has 0 atom stereocenters. The highest BCUT2D eigenvalue weighted by atomic mass is 16.2. The second-order valence-corrected chi connectivity index (χ2v) is 6.48. The summed E-state index contributed by atoms with van der Waals surface area (Å²) in [6, 6.07) is 10.3. The molecule has 0 bridgehead atoms. The maximum absolute atomic E-state index is 12.3. The summed E-state index contributed by atoms with van der Waals surface area (Å²) in [5, 5.41) is 3.05. The number of carbonyl (C=O) groups excluding carboxylic acids is 1. The summed E-state index contributed by atoms with van der Waals surface area (Å²) >= 11 is 0. The first-order valence-corrected chi connectivity index (χ1v) is 8.44. The molecule has 1 aromatic carbocycles. The molecular weight excluding hydrogens is 288 g/mol. The van der Waals surface area contributed by atoms with Gasteiger partial charge in [0.25, 0.3) is 0 Å². The minimum Gasteiger partial charge on any atom is -0.338 e. The van der Waals surface area contributed by atoms with Gasteiger partial charge in [-0.25, -0.2) is 9.78 Å². The van der Waals surface area contributed by atoms with Crippen LogP contribution < -0.4 is 5.32 Å². The molecule has 2 amide bonds. The van der Waals surface area contributed by atoms with Gasteiger partial charge in [-0.15, -0.1) is 0 Å². The maximum atomic E-state index is 12.3. The Kier molecular flexibility index (Phi) is 3.77. The Morgan fingerprint density at radius 3 is 2.87 bits per heavy atom. The number of nitrogens with zero attached hydrogens (tertiary/aromatic N) is 3. The van der Waals surface area contributed by atoms with Crippen LogP contribution in [0.5, 0.6) is 0 Å². The van der Waals surface area contributed by atoms with E-state index in [9.17, 15) is 4.79 Å². The number of amides is 2. The summed E-state index contributed by atoms with van der Waals surface area (Å²) < 4.78 is 2.14. The minimum absolute atomic E-state index is 0.0468. The van der Waals surface area contributed by atoms with Crippen LogP contribution in [-0.4, -0.2) is 33.6 Å². The number of nitrogens with one attached hydrogen (secondary N) is 1. The molecule has 0 saturated heterocycles. The Morgan fingerprint density at radius 1 is 1.26 bits per heavy atom. The van der Waals surface area contributed by atoms with E-state index in [2.05, 4.69) is 27.0 Å². The maximum Gasteiger partial charge on any atom is 0.317 e. The summed E-state index contributed by atoms with van der Waals surface area (Å²) in [4.78, 5) is 18.7. The number of hydrogen-bond donors (Lipinski definition) is 1. The first-order chi connectivity index (χ1) is 11.3. The van der Waals surface area contributed by atoms with Crippen LogP contribution in [0.1, 0.15) is 30.7 Å². The lowest BCUT2D eigenvalue weighted by atomic mass is 10.1. The zero-order valence-corrected chi connectivity index (χ0v) is 13.2. The second kappa shape index (κ2) is 6.07. The molecule has 2 aliphatic rings. The first kappa shape index (κ1) is 14.3. The van der Waals surface area contributed by atoms with Crippen LogP contribution >= 0.6 is 0 Å². The van der Waals surface area contributed by atoms with Crippen molar-refractivity contribution in [3.8, 4) is 5.69 Å². The molecule has 5 heteroatoms. The van der Waals surface area contributed by atoms with E-state index >= 15 is 0 Å². The predicted molar refractivity (Wildman–Crippen MR) is 88.4 cm³/mol. The van der Waals surface area contributed by atoms with E-state index in [-0.39, 0.29) is 6.03 Å². The fourth-order valence-corrected chi connectivity index (χ4v) is 3.19. The van der Waals surface area contributed by atoms with E-state index < -0.39 is 0 Å². The van der Waals surface area contributed by atoms with Crippen LogP contribution in [0.3, 0.4) is 0 Å². The Hall–Kier alpha value is -2.30. The third kappa shape index (κ3) is 3.09. The zero-order valence-electron chi connectivity index (χ0n) is 13.2. The van der Waals surface area contributed by atoms with Crippen LogP contribution in [0, 0.1) is 5.92 Å². The number of benzene rings is 1. The molecular formula is C18H22N4O. The van der Waals surface area contributed by atoms with Gasteiger partial charge in [-0.3, -0.25) is 0 Å². The van der Waals surface area contributed by atoms with E-state index in [1.165, 1.54) is 18.5 Å². The van der Waals surface area contributed by atoms with E-state index in [0.717, 1.165) is 43.2 Å². The molecule has 23 heavy (non-hydrogen) atoms. The van der Waals surface area contributed by atoms with Crippen molar-refractivity contribution in [1.29, 1.82) is 0 Å². The molecule has 120 valence electrons. The van der Waals surface area contributed by atoms with Crippen LogP contribution in [0.15, 0.2) is 36.7 Å². The van der Waals surface area contributed by atoms with Crippen molar-refractivity contribution in [3.05, 3.63) is 48.0 Å². The monoisotopic (exact) mass is 310 g/mol. The van der Waals surface area contributed by atoms with Gasteiger partial charge in [-0.05, 0) is 24.5 Å². The molecule has 4 rings (SSSR count). The summed E-state index contributed by atoms with van der Waals surface area (Å²) in [6.45, 7) is 2.15. The predicted octanol–water partition coefficient (Wildman–Crippen LogP) is 2.74. The number of carbonyl (C=O) groups is 1. The fraction of sp³-hybridized carbons (Fsp3) is 0.444. The van der Waals surface area contributed by atoms with Gasteiger partial charge in [0.15, 0.2) is 0 Å². The Labute approximate surface area is 136 Å². The number of fused-ring (bicyclic) bond motifs is 1. The molecule has 0 spiro atoms. The van der Waals surface area contributed by atoms with E-state index in [4.69, 9.17) is 0 Å². The summed E-state index contributed by atoms with van der Waals surface area (Å²) in [6.07, 6.45) is 6.50. The number of hydrogen-bond acceptors (Lipinski definition) is 2. The lowest BCUT2D eigenvalue weighted by Gasteiger charge is -2.27. The first-order valence-electron chi connectivity index (χ1n) is 8.44. The van der Waals surface area contributed by atoms with Crippen LogP contribution in [0.4, 0.5) is 4.79 Å². The van der Waals surface area contributed by atoms with E-state index in [1.54, 1.807) is 0 Å². The molecule has 2 aromatic rings. The number of imidazole rings is 1. The van der Waals surface area contributed by atoms with Crippen molar-refractivity contribution >= 4 is 6.03 Å². The van der Waals surface area contributed by atoms with Crippen LogP contribution in [0.25, 0.3) is 5.69 Å². The highest BCUT2D eigenvalue weighted by Gasteiger charge is 2.25. The molecule has 1 fully saturated rings. The third-order valence-corrected chi connectivity index (χ3v) is 4.76. The molecule has 0 unspecified atom stereocenters. The van der Waals surface area contributed by atoms with Gasteiger partial charge in [0.2, 0.25) is 0 Å². The molecule has 0 radical (unpaired) electrons. The quantitative estimate of drug-likeness (QED) is 0.944. The average Bonchev–Trinajstić information content (AvgIpc) is 3.32. The topological polar surface area (TPSA) is 50.2 Å². The third-order valence-electron chi connectivity index (χ3n) is 4.76. The summed E-state index contributed by atoms with van der Waals surface area (Å²) in [5.74, 6) is 0.852. The molecule has 5 nitrogen and oxygen atoms in total.